The third-order valence-corrected chi connectivity index (χ3v) is 5.52. The van der Waals surface area contributed by atoms with Gasteiger partial charge in [0.15, 0.2) is 0 Å². The molecule has 4 rings (SSSR count). The monoisotopic (exact) mass is 342 g/mol. The van der Waals surface area contributed by atoms with Gasteiger partial charge in [-0.2, -0.15) is 0 Å². The minimum absolute atomic E-state index is 0.230. The van der Waals surface area contributed by atoms with Gasteiger partial charge in [0.05, 0.1) is 5.39 Å². The minimum atomic E-state index is -0.230. The highest BCUT2D eigenvalue weighted by Gasteiger charge is 2.21. The van der Waals surface area contributed by atoms with Crippen LogP contribution >= 0.6 is 11.3 Å². The SMILES string of the molecule is NC1CCC(Nc2ncnc3scc(-c4ccc(F)cc4)c23)CC1. The molecule has 0 atom stereocenters. The number of nitrogens with one attached hydrogen (secondary N) is 1. The molecule has 3 aromatic rings. The highest BCUT2D eigenvalue weighted by atomic mass is 32.1. The van der Waals surface area contributed by atoms with Gasteiger partial charge in [-0.25, -0.2) is 14.4 Å². The summed E-state index contributed by atoms with van der Waals surface area (Å²) in [6.45, 7) is 0. The summed E-state index contributed by atoms with van der Waals surface area (Å²) in [5.41, 5.74) is 8.02. The van der Waals surface area contributed by atoms with E-state index in [0.29, 0.717) is 12.1 Å². The van der Waals surface area contributed by atoms with Gasteiger partial charge in [-0.15, -0.1) is 11.3 Å². The van der Waals surface area contributed by atoms with Crippen molar-refractivity contribution < 1.29 is 4.39 Å². The molecule has 4 nitrogen and oxygen atoms in total. The molecule has 1 aromatic carbocycles. The number of thiophene rings is 1. The van der Waals surface area contributed by atoms with Crippen LogP contribution < -0.4 is 11.1 Å². The molecular formula is C18H19FN4S. The lowest BCUT2D eigenvalue weighted by Crippen LogP contribution is -2.33. The maximum absolute atomic E-state index is 13.2. The van der Waals surface area contributed by atoms with Crippen LogP contribution in [0.5, 0.6) is 0 Å². The molecule has 6 heteroatoms. The lowest BCUT2D eigenvalue weighted by Gasteiger charge is -2.27. The Morgan fingerprint density at radius 3 is 2.58 bits per heavy atom. The van der Waals surface area contributed by atoms with Crippen molar-refractivity contribution >= 4 is 27.4 Å². The van der Waals surface area contributed by atoms with Gasteiger partial charge < -0.3 is 11.1 Å². The zero-order chi connectivity index (χ0) is 16.5. The third kappa shape index (κ3) is 2.99. The topological polar surface area (TPSA) is 63.8 Å². The summed E-state index contributed by atoms with van der Waals surface area (Å²) < 4.78 is 13.2. The maximum Gasteiger partial charge on any atom is 0.139 e. The Kier molecular flexibility index (Phi) is 4.16. The van der Waals surface area contributed by atoms with E-state index in [9.17, 15) is 4.39 Å². The van der Waals surface area contributed by atoms with E-state index >= 15 is 0 Å². The van der Waals surface area contributed by atoms with E-state index in [-0.39, 0.29) is 5.82 Å². The first-order valence-electron chi connectivity index (χ1n) is 8.21. The van der Waals surface area contributed by atoms with Crippen LogP contribution in [0.4, 0.5) is 10.2 Å². The number of rotatable bonds is 3. The Labute approximate surface area is 143 Å². The number of fused-ring (bicyclic) bond motifs is 1. The predicted molar refractivity (Wildman–Crippen MR) is 96.7 cm³/mol. The Morgan fingerprint density at radius 1 is 1.08 bits per heavy atom. The first-order chi connectivity index (χ1) is 11.7. The molecule has 1 aliphatic rings. The van der Waals surface area contributed by atoms with Crippen molar-refractivity contribution in [2.75, 3.05) is 5.32 Å². The zero-order valence-electron chi connectivity index (χ0n) is 13.2. The van der Waals surface area contributed by atoms with Crippen molar-refractivity contribution in [1.29, 1.82) is 0 Å². The molecule has 124 valence electrons. The van der Waals surface area contributed by atoms with Crippen molar-refractivity contribution in [3.8, 4) is 11.1 Å². The van der Waals surface area contributed by atoms with E-state index in [0.717, 1.165) is 52.8 Å². The van der Waals surface area contributed by atoms with Crippen molar-refractivity contribution in [2.45, 2.75) is 37.8 Å². The molecule has 0 saturated heterocycles. The van der Waals surface area contributed by atoms with Crippen molar-refractivity contribution in [3.63, 3.8) is 0 Å². The molecular weight excluding hydrogens is 323 g/mol. The van der Waals surface area contributed by atoms with Crippen molar-refractivity contribution in [3.05, 3.63) is 41.8 Å². The summed E-state index contributed by atoms with van der Waals surface area (Å²) in [5.74, 6) is 0.632. The average molecular weight is 342 g/mol. The highest BCUT2D eigenvalue weighted by molar-refractivity contribution is 7.17. The fourth-order valence-corrected chi connectivity index (χ4v) is 4.20. The zero-order valence-corrected chi connectivity index (χ0v) is 14.0. The number of aromatic nitrogens is 2. The molecule has 1 saturated carbocycles. The maximum atomic E-state index is 13.2. The van der Waals surface area contributed by atoms with E-state index in [1.54, 1.807) is 29.8 Å². The molecule has 1 fully saturated rings. The summed E-state index contributed by atoms with van der Waals surface area (Å²) in [4.78, 5) is 9.80. The second-order valence-corrected chi connectivity index (χ2v) is 7.17. The number of anilines is 1. The largest absolute Gasteiger partial charge is 0.367 e. The molecule has 2 aromatic heterocycles. The van der Waals surface area contributed by atoms with Crippen molar-refractivity contribution in [1.82, 2.24) is 9.97 Å². The summed E-state index contributed by atoms with van der Waals surface area (Å²) in [7, 11) is 0. The van der Waals surface area contributed by atoms with Crippen LogP contribution in [0, 0.1) is 5.82 Å². The Hall–Kier alpha value is -2.05. The fourth-order valence-electron chi connectivity index (χ4n) is 3.28. The van der Waals surface area contributed by atoms with Crippen LogP contribution in [-0.4, -0.2) is 22.1 Å². The number of halogens is 1. The second kappa shape index (κ2) is 6.45. The normalized spacial score (nSPS) is 21.1. The van der Waals surface area contributed by atoms with Crippen molar-refractivity contribution in [2.24, 2.45) is 5.73 Å². The number of nitrogens with two attached hydrogens (primary N) is 1. The van der Waals surface area contributed by atoms with Crippen LogP contribution in [0.1, 0.15) is 25.7 Å². The van der Waals surface area contributed by atoms with Crippen LogP contribution in [0.25, 0.3) is 21.3 Å². The van der Waals surface area contributed by atoms with Gasteiger partial charge >= 0.3 is 0 Å². The van der Waals surface area contributed by atoms with Gasteiger partial charge in [-0.1, -0.05) is 12.1 Å². The molecule has 0 spiro atoms. The average Bonchev–Trinajstić information content (AvgIpc) is 3.03. The molecule has 0 aliphatic heterocycles. The standard InChI is InChI=1S/C18H19FN4S/c19-12-3-1-11(2-4-12)15-9-24-18-16(15)17(21-10-22-18)23-14-7-5-13(20)6-8-14/h1-4,9-10,13-14H,5-8,20H2,(H,21,22,23). The molecule has 2 heterocycles. The lowest BCUT2D eigenvalue weighted by molar-refractivity contribution is 0.410. The number of hydrogen-bond acceptors (Lipinski definition) is 5. The summed E-state index contributed by atoms with van der Waals surface area (Å²) in [6, 6.07) is 7.28. The van der Waals surface area contributed by atoms with Gasteiger partial charge in [0, 0.05) is 23.0 Å². The van der Waals surface area contributed by atoms with Gasteiger partial charge in [-0.3, -0.25) is 0 Å². The molecule has 3 N–H and O–H groups in total. The molecule has 1 aliphatic carbocycles. The van der Waals surface area contributed by atoms with Crippen LogP contribution in [0.2, 0.25) is 0 Å². The van der Waals surface area contributed by atoms with Gasteiger partial charge in [-0.05, 0) is 43.4 Å². The van der Waals surface area contributed by atoms with Crippen LogP contribution in [-0.2, 0) is 0 Å². The minimum Gasteiger partial charge on any atom is -0.367 e. The second-order valence-electron chi connectivity index (χ2n) is 6.31. The van der Waals surface area contributed by atoms with Crippen LogP contribution in [0.15, 0.2) is 36.0 Å². The molecule has 0 amide bonds. The fraction of sp³-hybridized carbons (Fsp3) is 0.333. The first-order valence-corrected chi connectivity index (χ1v) is 9.09. The quantitative estimate of drug-likeness (QED) is 0.749. The Balaban J connectivity index is 1.70. The summed E-state index contributed by atoms with van der Waals surface area (Å²) in [5, 5.41) is 6.66. The molecule has 0 bridgehead atoms. The Bertz CT molecular complexity index is 838. The van der Waals surface area contributed by atoms with Gasteiger partial charge in [0.2, 0.25) is 0 Å². The van der Waals surface area contributed by atoms with E-state index in [1.807, 2.05) is 0 Å². The van der Waals surface area contributed by atoms with E-state index in [4.69, 9.17) is 5.73 Å². The lowest BCUT2D eigenvalue weighted by atomic mass is 9.92. The number of benzene rings is 1. The summed E-state index contributed by atoms with van der Waals surface area (Å²) >= 11 is 1.58. The smallest absolute Gasteiger partial charge is 0.139 e. The third-order valence-electron chi connectivity index (χ3n) is 4.64. The highest BCUT2D eigenvalue weighted by Crippen LogP contribution is 2.37. The molecule has 0 unspecified atom stereocenters. The van der Waals surface area contributed by atoms with E-state index in [1.165, 1.54) is 12.1 Å². The van der Waals surface area contributed by atoms with Crippen LogP contribution in [0.3, 0.4) is 0 Å². The number of nitrogens with zero attached hydrogens (tertiary/aromatic N) is 2. The Morgan fingerprint density at radius 2 is 1.83 bits per heavy atom. The first kappa shape index (κ1) is 15.5. The summed E-state index contributed by atoms with van der Waals surface area (Å²) in [6.07, 6.45) is 5.80. The molecule has 24 heavy (non-hydrogen) atoms. The molecule has 0 radical (unpaired) electrons. The van der Waals surface area contributed by atoms with E-state index < -0.39 is 0 Å². The predicted octanol–water partition coefficient (Wildman–Crippen LogP) is 4.18. The number of hydrogen-bond donors (Lipinski definition) is 2. The van der Waals surface area contributed by atoms with Gasteiger partial charge in [0.25, 0.3) is 0 Å². The van der Waals surface area contributed by atoms with Gasteiger partial charge in [0.1, 0.15) is 22.8 Å². The van der Waals surface area contributed by atoms with E-state index in [2.05, 4.69) is 20.7 Å².